The number of nitrogens with one attached hydrogen (secondary N) is 1. The Hall–Kier alpha value is -2.10. The molecule has 1 aromatic heterocycles. The van der Waals surface area contributed by atoms with Gasteiger partial charge in [0.2, 0.25) is 0 Å². The summed E-state index contributed by atoms with van der Waals surface area (Å²) in [5.74, 6) is 0. The highest BCUT2D eigenvalue weighted by Gasteiger charge is 2.41. The van der Waals surface area contributed by atoms with Gasteiger partial charge in [-0.1, -0.05) is 60.7 Å². The zero-order chi connectivity index (χ0) is 16.3. The van der Waals surface area contributed by atoms with Crippen LogP contribution < -0.4 is 0 Å². The molecule has 0 saturated heterocycles. The molecule has 2 aromatic carbocycles. The lowest BCUT2D eigenvalue weighted by Gasteiger charge is -2.39. The zero-order valence-electron chi connectivity index (χ0n) is 13.9. The van der Waals surface area contributed by atoms with Crippen molar-refractivity contribution in [3.05, 3.63) is 95.8 Å². The van der Waals surface area contributed by atoms with Gasteiger partial charge in [0.05, 0.1) is 5.69 Å². The van der Waals surface area contributed by atoms with E-state index in [1.165, 1.54) is 0 Å². The maximum atomic E-state index is 6.85. The van der Waals surface area contributed by atoms with Gasteiger partial charge in [0.25, 0.3) is 0 Å². The van der Waals surface area contributed by atoms with E-state index in [2.05, 4.69) is 79.2 Å². The van der Waals surface area contributed by atoms with Gasteiger partial charge in [-0.15, -0.1) is 0 Å². The van der Waals surface area contributed by atoms with Crippen molar-refractivity contribution in [3.8, 4) is 0 Å². The van der Waals surface area contributed by atoms with Crippen molar-refractivity contribution in [2.75, 3.05) is 0 Å². The van der Waals surface area contributed by atoms with Gasteiger partial charge in [-0.05, 0) is 42.9 Å². The Balaban J connectivity index is 2.30. The zero-order valence-corrected chi connectivity index (χ0v) is 14.9. The van der Waals surface area contributed by atoms with Crippen molar-refractivity contribution in [1.29, 1.82) is 0 Å². The van der Waals surface area contributed by atoms with Gasteiger partial charge in [0.15, 0.2) is 8.32 Å². The van der Waals surface area contributed by atoms with Crippen LogP contribution in [-0.4, -0.2) is 13.3 Å². The molecule has 0 unspecified atom stereocenters. The topological polar surface area (TPSA) is 25.0 Å². The van der Waals surface area contributed by atoms with Crippen LogP contribution in [-0.2, 0) is 10.0 Å². The molecule has 3 aromatic rings. The summed E-state index contributed by atoms with van der Waals surface area (Å²) in [7, 11) is -1.83. The molecule has 0 amide bonds. The molecule has 3 rings (SSSR count). The normalized spacial score (nSPS) is 12.3. The SMILES string of the molecule is C[Si](C)(C)OC(c1ccccc1)(c1ccccc1)c1ccc[nH]1. The van der Waals surface area contributed by atoms with Crippen molar-refractivity contribution in [2.24, 2.45) is 0 Å². The summed E-state index contributed by atoms with van der Waals surface area (Å²) in [6, 6.07) is 25.1. The van der Waals surface area contributed by atoms with Crippen LogP contribution in [0.1, 0.15) is 16.8 Å². The first-order valence-corrected chi connectivity index (χ1v) is 11.4. The molecule has 1 heterocycles. The lowest BCUT2D eigenvalue weighted by molar-refractivity contribution is 0.142. The fourth-order valence-corrected chi connectivity index (χ4v) is 4.27. The van der Waals surface area contributed by atoms with Crippen LogP contribution in [0.5, 0.6) is 0 Å². The van der Waals surface area contributed by atoms with Crippen molar-refractivity contribution < 1.29 is 4.43 Å². The van der Waals surface area contributed by atoms with E-state index in [1.807, 2.05) is 24.4 Å². The highest BCUT2D eigenvalue weighted by atomic mass is 28.4. The lowest BCUT2D eigenvalue weighted by atomic mass is 9.83. The van der Waals surface area contributed by atoms with Gasteiger partial charge < -0.3 is 9.41 Å². The standard InChI is InChI=1S/C20H23NOSi/c1-23(2,3)22-20(19-15-10-16-21-19,17-11-6-4-7-12-17)18-13-8-5-9-14-18/h4-16,21H,1-3H3. The molecule has 3 heteroatoms. The maximum Gasteiger partial charge on any atom is 0.185 e. The van der Waals surface area contributed by atoms with E-state index in [1.54, 1.807) is 0 Å². The Kier molecular flexibility index (Phi) is 4.24. The molecule has 0 bridgehead atoms. The average molecular weight is 321 g/mol. The largest absolute Gasteiger partial charge is 0.399 e. The predicted molar refractivity (Wildman–Crippen MR) is 98.0 cm³/mol. The number of aromatic amines is 1. The first kappa shape index (κ1) is 15.8. The third-order valence-electron chi connectivity index (χ3n) is 3.80. The molecule has 0 saturated carbocycles. The van der Waals surface area contributed by atoms with E-state index in [0.29, 0.717) is 0 Å². The van der Waals surface area contributed by atoms with Gasteiger partial charge in [0, 0.05) is 6.20 Å². The predicted octanol–water partition coefficient (Wildman–Crippen LogP) is 5.16. The van der Waals surface area contributed by atoms with E-state index >= 15 is 0 Å². The Morgan fingerprint density at radius 3 is 1.65 bits per heavy atom. The molecule has 0 spiro atoms. The van der Waals surface area contributed by atoms with Crippen LogP contribution in [0.4, 0.5) is 0 Å². The smallest absolute Gasteiger partial charge is 0.185 e. The van der Waals surface area contributed by atoms with E-state index < -0.39 is 13.9 Å². The summed E-state index contributed by atoms with van der Waals surface area (Å²) in [5.41, 5.74) is 2.76. The maximum absolute atomic E-state index is 6.85. The summed E-state index contributed by atoms with van der Waals surface area (Å²) >= 11 is 0. The Morgan fingerprint density at radius 2 is 1.26 bits per heavy atom. The van der Waals surface area contributed by atoms with Gasteiger partial charge in [-0.25, -0.2) is 0 Å². The summed E-state index contributed by atoms with van der Waals surface area (Å²) in [4.78, 5) is 3.39. The molecular weight excluding hydrogens is 298 g/mol. The molecule has 23 heavy (non-hydrogen) atoms. The molecule has 1 N–H and O–H groups in total. The lowest BCUT2D eigenvalue weighted by Crippen LogP contribution is -2.42. The highest BCUT2D eigenvalue weighted by Crippen LogP contribution is 2.41. The van der Waals surface area contributed by atoms with Crippen molar-refractivity contribution in [3.63, 3.8) is 0 Å². The van der Waals surface area contributed by atoms with Gasteiger partial charge in [-0.3, -0.25) is 0 Å². The van der Waals surface area contributed by atoms with Crippen LogP contribution in [0, 0.1) is 0 Å². The minimum absolute atomic E-state index is 0.601. The van der Waals surface area contributed by atoms with Gasteiger partial charge in [0.1, 0.15) is 5.60 Å². The fourth-order valence-electron chi connectivity index (χ4n) is 3.00. The number of hydrogen-bond donors (Lipinski definition) is 1. The molecule has 0 fully saturated rings. The third-order valence-corrected chi connectivity index (χ3v) is 4.72. The van der Waals surface area contributed by atoms with Crippen LogP contribution >= 0.6 is 0 Å². The van der Waals surface area contributed by atoms with Crippen molar-refractivity contribution in [2.45, 2.75) is 25.2 Å². The third kappa shape index (κ3) is 3.16. The molecule has 0 aliphatic rings. The summed E-state index contributed by atoms with van der Waals surface area (Å²) in [6.07, 6.45) is 1.96. The molecule has 0 atom stereocenters. The Bertz CT molecular complexity index is 691. The number of aromatic nitrogens is 1. The second kappa shape index (κ2) is 6.18. The van der Waals surface area contributed by atoms with E-state index in [9.17, 15) is 0 Å². The minimum atomic E-state index is -1.83. The Labute approximate surface area is 139 Å². The number of H-pyrrole nitrogens is 1. The molecule has 118 valence electrons. The van der Waals surface area contributed by atoms with Crippen molar-refractivity contribution >= 4 is 8.32 Å². The summed E-state index contributed by atoms with van der Waals surface area (Å²) in [6.45, 7) is 6.70. The van der Waals surface area contributed by atoms with Crippen LogP contribution in [0.25, 0.3) is 0 Å². The van der Waals surface area contributed by atoms with Crippen LogP contribution in [0.3, 0.4) is 0 Å². The number of hydrogen-bond acceptors (Lipinski definition) is 1. The second-order valence-electron chi connectivity index (χ2n) is 6.71. The average Bonchev–Trinajstić information content (AvgIpc) is 3.08. The van der Waals surface area contributed by atoms with E-state index in [4.69, 9.17) is 4.43 Å². The molecule has 0 aliphatic heterocycles. The molecule has 2 nitrogen and oxygen atoms in total. The van der Waals surface area contributed by atoms with Gasteiger partial charge in [-0.2, -0.15) is 0 Å². The number of benzene rings is 2. The van der Waals surface area contributed by atoms with Crippen LogP contribution in [0.2, 0.25) is 19.6 Å². The van der Waals surface area contributed by atoms with Crippen molar-refractivity contribution in [1.82, 2.24) is 4.98 Å². The first-order valence-electron chi connectivity index (χ1n) is 7.97. The Morgan fingerprint density at radius 1 is 0.739 bits per heavy atom. The highest BCUT2D eigenvalue weighted by molar-refractivity contribution is 6.69. The minimum Gasteiger partial charge on any atom is -0.399 e. The van der Waals surface area contributed by atoms with Gasteiger partial charge >= 0.3 is 0 Å². The summed E-state index contributed by atoms with van der Waals surface area (Å²) in [5, 5.41) is 0. The van der Waals surface area contributed by atoms with E-state index in [0.717, 1.165) is 16.8 Å². The second-order valence-corrected chi connectivity index (χ2v) is 11.1. The molecular formula is C20H23NOSi. The fraction of sp³-hybridized carbons (Fsp3) is 0.200. The molecule has 0 aliphatic carbocycles. The van der Waals surface area contributed by atoms with E-state index in [-0.39, 0.29) is 0 Å². The first-order chi connectivity index (χ1) is 11.0. The van der Waals surface area contributed by atoms with Crippen LogP contribution in [0.15, 0.2) is 79.0 Å². The number of rotatable bonds is 5. The summed E-state index contributed by atoms with van der Waals surface area (Å²) < 4.78 is 6.85. The molecule has 0 radical (unpaired) electrons. The monoisotopic (exact) mass is 321 g/mol. The quantitative estimate of drug-likeness (QED) is 0.645.